The van der Waals surface area contributed by atoms with Crippen LogP contribution in [-0.2, 0) is 17.7 Å². The minimum absolute atomic E-state index is 1.24. The molecule has 3 nitrogen and oxygen atoms in total. The van der Waals surface area contributed by atoms with E-state index in [9.17, 15) is 0 Å². The van der Waals surface area contributed by atoms with E-state index >= 15 is 0 Å². The predicted molar refractivity (Wildman–Crippen MR) is 62.8 cm³/mol. The van der Waals surface area contributed by atoms with Crippen molar-refractivity contribution in [3.05, 3.63) is 35.9 Å². The summed E-state index contributed by atoms with van der Waals surface area (Å²) in [5.74, 6) is 0. The minimum atomic E-state index is -2.36. The quantitative estimate of drug-likeness (QED) is 0.634. The van der Waals surface area contributed by atoms with Gasteiger partial charge in [-0.05, 0) is 18.4 Å². The summed E-state index contributed by atoms with van der Waals surface area (Å²) < 4.78 is 17.6. The maximum Gasteiger partial charge on any atom is 0.0152 e. The Morgan fingerprint density at radius 1 is 1.27 bits per heavy atom. The van der Waals surface area contributed by atoms with Gasteiger partial charge in [0.25, 0.3) is 0 Å². The third-order valence-electron chi connectivity index (χ3n) is 1.91. The Hall–Kier alpha value is -0.710. The van der Waals surface area contributed by atoms with E-state index in [0.29, 0.717) is 0 Å². The fourth-order valence-corrected chi connectivity index (χ4v) is 1.22. The molecular weight excluding hydrogens is 210 g/mol. The van der Waals surface area contributed by atoms with Crippen molar-refractivity contribution in [1.29, 1.82) is 0 Å². The van der Waals surface area contributed by atoms with Gasteiger partial charge in [0.15, 0.2) is 0 Å². The van der Waals surface area contributed by atoms with Crippen molar-refractivity contribution in [2.24, 2.45) is 5.14 Å². The van der Waals surface area contributed by atoms with Crippen LogP contribution >= 0.6 is 0 Å². The van der Waals surface area contributed by atoms with E-state index in [2.05, 4.69) is 42.4 Å². The fraction of sp³-hybridized carbons (Fsp3) is 0.455. The summed E-state index contributed by atoms with van der Waals surface area (Å²) in [5, 5.41) is 4.03. The first-order valence-corrected chi connectivity index (χ1v) is 6.18. The zero-order valence-electron chi connectivity index (χ0n) is 9.02. The molecule has 0 radical (unpaired) electrons. The van der Waals surface area contributed by atoms with Crippen LogP contribution < -0.4 is 5.14 Å². The third kappa shape index (κ3) is 11.2. The summed E-state index contributed by atoms with van der Waals surface area (Å²) in [6, 6.07) is 10.7. The van der Waals surface area contributed by atoms with Crippen LogP contribution in [0.4, 0.5) is 0 Å². The summed E-state index contributed by atoms with van der Waals surface area (Å²) in [6.07, 6.45) is 5.25. The van der Waals surface area contributed by atoms with E-state index in [1.165, 1.54) is 31.2 Å². The topological polar surface area (TPSA) is 66.2 Å². The van der Waals surface area contributed by atoms with E-state index in [-0.39, 0.29) is 0 Å². The zero-order chi connectivity index (χ0) is 11.5. The van der Waals surface area contributed by atoms with Crippen LogP contribution in [0.1, 0.15) is 31.7 Å². The van der Waals surface area contributed by atoms with Crippen molar-refractivity contribution in [2.45, 2.75) is 32.6 Å². The second-order valence-electron chi connectivity index (χ2n) is 3.20. The predicted octanol–water partition coefficient (Wildman–Crippen LogP) is 2.16. The van der Waals surface area contributed by atoms with Crippen molar-refractivity contribution < 1.29 is 8.76 Å². The molecule has 0 aromatic heterocycles. The highest BCUT2D eigenvalue weighted by Crippen LogP contribution is 2.05. The SMILES string of the molecule is CCCCCc1ccccc1.NS(=O)[O-]. The van der Waals surface area contributed by atoms with Crippen LogP contribution in [0, 0.1) is 0 Å². The number of nitrogens with two attached hydrogens (primary N) is 1. The maximum absolute atomic E-state index is 8.78. The van der Waals surface area contributed by atoms with Gasteiger partial charge in [-0.1, -0.05) is 50.1 Å². The van der Waals surface area contributed by atoms with Crippen LogP contribution in [0.3, 0.4) is 0 Å². The van der Waals surface area contributed by atoms with Gasteiger partial charge in [0, 0.05) is 11.3 Å². The Kier molecular flexibility index (Phi) is 9.36. The standard InChI is InChI=1S/C11H16.H3NO2S/c1-2-3-5-8-11-9-6-4-7-10-11;1-4(2)3/h4,6-7,9-10H,2-3,5,8H2,1H3;1H2,(H,2,3)/p-1. The first-order valence-electron chi connectivity index (χ1n) is 5.04. The number of hydrogen-bond acceptors (Lipinski definition) is 2. The zero-order valence-corrected chi connectivity index (χ0v) is 9.83. The lowest BCUT2D eigenvalue weighted by Gasteiger charge is -1.98. The Morgan fingerprint density at radius 2 is 1.80 bits per heavy atom. The summed E-state index contributed by atoms with van der Waals surface area (Å²) in [6.45, 7) is 2.24. The first kappa shape index (κ1) is 14.3. The molecule has 0 fully saturated rings. The van der Waals surface area contributed by atoms with Crippen LogP contribution in [0.5, 0.6) is 0 Å². The Bertz CT molecular complexity index is 261. The number of unbranched alkanes of at least 4 members (excludes halogenated alkanes) is 2. The molecule has 4 heteroatoms. The van der Waals surface area contributed by atoms with Gasteiger partial charge in [-0.2, -0.15) is 0 Å². The smallest absolute Gasteiger partial charge is 0.0152 e. The molecule has 2 N–H and O–H groups in total. The van der Waals surface area contributed by atoms with Gasteiger partial charge in [0.05, 0.1) is 0 Å². The van der Waals surface area contributed by atoms with Gasteiger partial charge in [0.2, 0.25) is 0 Å². The maximum atomic E-state index is 8.78. The van der Waals surface area contributed by atoms with Gasteiger partial charge in [-0.25, -0.2) is 0 Å². The lowest BCUT2D eigenvalue weighted by molar-refractivity contribution is 0.539. The number of rotatable bonds is 4. The average molecular weight is 228 g/mol. The van der Waals surface area contributed by atoms with E-state index in [1.807, 2.05) is 0 Å². The van der Waals surface area contributed by atoms with Crippen molar-refractivity contribution in [1.82, 2.24) is 0 Å². The second kappa shape index (κ2) is 9.83. The van der Waals surface area contributed by atoms with Crippen LogP contribution in [0.25, 0.3) is 0 Å². The number of benzene rings is 1. The van der Waals surface area contributed by atoms with Gasteiger partial charge >= 0.3 is 0 Å². The van der Waals surface area contributed by atoms with Crippen molar-refractivity contribution in [3.8, 4) is 0 Å². The molecule has 0 heterocycles. The largest absolute Gasteiger partial charge is 0.760 e. The van der Waals surface area contributed by atoms with E-state index in [4.69, 9.17) is 8.76 Å². The highest BCUT2D eigenvalue weighted by Gasteiger charge is 1.89. The first-order chi connectivity index (χ1) is 7.16. The summed E-state index contributed by atoms with van der Waals surface area (Å²) >= 11 is -2.36. The van der Waals surface area contributed by atoms with Crippen molar-refractivity contribution >= 4 is 11.3 Å². The van der Waals surface area contributed by atoms with Crippen molar-refractivity contribution in [3.63, 3.8) is 0 Å². The monoisotopic (exact) mass is 228 g/mol. The molecular formula is C11H18NO2S-. The molecule has 1 aromatic carbocycles. The van der Waals surface area contributed by atoms with Crippen LogP contribution in [0.2, 0.25) is 0 Å². The highest BCUT2D eigenvalue weighted by atomic mass is 32.2. The van der Waals surface area contributed by atoms with E-state index < -0.39 is 11.3 Å². The molecule has 0 bridgehead atoms. The van der Waals surface area contributed by atoms with Gasteiger partial charge in [-0.15, -0.1) is 0 Å². The van der Waals surface area contributed by atoms with Crippen molar-refractivity contribution in [2.75, 3.05) is 0 Å². The van der Waals surface area contributed by atoms with Crippen LogP contribution in [-0.4, -0.2) is 8.76 Å². The molecule has 0 saturated heterocycles. The third-order valence-corrected chi connectivity index (χ3v) is 1.91. The fourth-order valence-electron chi connectivity index (χ4n) is 1.22. The Labute approximate surface area is 94.1 Å². The summed E-state index contributed by atoms with van der Waals surface area (Å²) in [5.41, 5.74) is 1.47. The molecule has 1 atom stereocenters. The number of hydrogen-bond donors (Lipinski definition) is 1. The minimum Gasteiger partial charge on any atom is -0.760 e. The molecule has 86 valence electrons. The molecule has 0 aliphatic carbocycles. The molecule has 0 saturated carbocycles. The molecule has 1 rings (SSSR count). The molecule has 0 spiro atoms. The molecule has 0 amide bonds. The number of aryl methyl sites for hydroxylation is 1. The second-order valence-corrected chi connectivity index (χ2v) is 3.72. The Morgan fingerprint density at radius 3 is 2.27 bits per heavy atom. The Balaban J connectivity index is 0.000000423. The summed E-state index contributed by atoms with van der Waals surface area (Å²) in [4.78, 5) is 0. The average Bonchev–Trinajstić information content (AvgIpc) is 2.19. The van der Waals surface area contributed by atoms with E-state index in [0.717, 1.165) is 0 Å². The summed E-state index contributed by atoms with van der Waals surface area (Å²) in [7, 11) is 0. The molecule has 1 unspecified atom stereocenters. The normalized spacial score (nSPS) is 11.4. The van der Waals surface area contributed by atoms with Gasteiger partial charge in [-0.3, -0.25) is 9.35 Å². The molecule has 15 heavy (non-hydrogen) atoms. The van der Waals surface area contributed by atoms with Gasteiger partial charge in [0.1, 0.15) is 0 Å². The van der Waals surface area contributed by atoms with E-state index in [1.54, 1.807) is 0 Å². The highest BCUT2D eigenvalue weighted by molar-refractivity contribution is 7.76. The molecule has 1 aromatic rings. The lowest BCUT2D eigenvalue weighted by atomic mass is 10.1. The van der Waals surface area contributed by atoms with Gasteiger partial charge < -0.3 is 4.55 Å². The molecule has 0 aliphatic heterocycles. The van der Waals surface area contributed by atoms with Crippen LogP contribution in [0.15, 0.2) is 30.3 Å². The molecule has 0 aliphatic rings. The lowest BCUT2D eigenvalue weighted by Crippen LogP contribution is -1.97.